The molecule has 1 fully saturated rings. The van der Waals surface area contributed by atoms with Crippen molar-refractivity contribution in [3.63, 3.8) is 0 Å². The number of nitrogens with two attached hydrogens (primary N) is 1. The molecule has 2 rings (SSSR count). The highest BCUT2D eigenvalue weighted by Gasteiger charge is 2.17. The van der Waals surface area contributed by atoms with Gasteiger partial charge in [0.1, 0.15) is 0 Å². The monoisotopic (exact) mass is 250 g/mol. The molecule has 0 spiro atoms. The molecule has 1 aliphatic rings. The van der Waals surface area contributed by atoms with Crippen molar-refractivity contribution in [3.8, 4) is 0 Å². The minimum absolute atomic E-state index is 0.191. The van der Waals surface area contributed by atoms with Crippen molar-refractivity contribution in [2.24, 2.45) is 16.1 Å². The maximum absolute atomic E-state index is 11.1. The second-order valence-electron chi connectivity index (χ2n) is 4.52. The summed E-state index contributed by atoms with van der Waals surface area (Å²) in [5.74, 6) is -0.341. The fraction of sp³-hybridized carbons (Fsp3) is 0.636. The Labute approximate surface area is 105 Å². The van der Waals surface area contributed by atoms with Gasteiger partial charge in [-0.2, -0.15) is 0 Å². The highest BCUT2D eigenvalue weighted by Crippen LogP contribution is 2.22. The quantitative estimate of drug-likeness (QED) is 0.629. The summed E-state index contributed by atoms with van der Waals surface area (Å²) >= 11 is 0. The summed E-state index contributed by atoms with van der Waals surface area (Å²) in [6.07, 6.45) is 7.43. The molecule has 18 heavy (non-hydrogen) atoms. The lowest BCUT2D eigenvalue weighted by Gasteiger charge is -2.27. The van der Waals surface area contributed by atoms with Crippen LogP contribution in [0.1, 0.15) is 42.6 Å². The minimum atomic E-state index is -0.582. The molecule has 0 bridgehead atoms. The van der Waals surface area contributed by atoms with Crippen molar-refractivity contribution in [1.29, 1.82) is 0 Å². The van der Waals surface area contributed by atoms with Crippen LogP contribution in [0.4, 0.5) is 5.82 Å². The van der Waals surface area contributed by atoms with Crippen LogP contribution in [0.2, 0.25) is 0 Å². The Morgan fingerprint density at radius 2 is 2.22 bits per heavy atom. The number of aromatic amines is 1. The molecule has 0 radical (unpaired) electrons. The number of hydrogen-bond acceptors (Lipinski definition) is 4. The summed E-state index contributed by atoms with van der Waals surface area (Å²) in [5, 5.41) is 9.92. The standard InChI is InChI=1S/C11H18N6O/c1-17(8-5-3-2-4-6-8)16-15-11-9(10(12)18)13-7-14-11/h7-8H,2-6H2,1H3,(H2,12,18)(H,13,14)/b16-15+. The first-order chi connectivity index (χ1) is 8.68. The second-order valence-corrected chi connectivity index (χ2v) is 4.52. The molecular formula is C11H18N6O. The van der Waals surface area contributed by atoms with Crippen LogP contribution in [-0.2, 0) is 0 Å². The van der Waals surface area contributed by atoms with E-state index in [2.05, 4.69) is 20.3 Å². The third kappa shape index (κ3) is 2.85. The van der Waals surface area contributed by atoms with Gasteiger partial charge in [0.15, 0.2) is 5.69 Å². The predicted molar refractivity (Wildman–Crippen MR) is 66.3 cm³/mol. The van der Waals surface area contributed by atoms with E-state index in [4.69, 9.17) is 5.73 Å². The van der Waals surface area contributed by atoms with E-state index >= 15 is 0 Å². The van der Waals surface area contributed by atoms with Crippen LogP contribution in [0, 0.1) is 0 Å². The first-order valence-electron chi connectivity index (χ1n) is 6.16. The molecule has 1 amide bonds. The Hall–Kier alpha value is -1.92. The summed E-state index contributed by atoms with van der Waals surface area (Å²) in [6.45, 7) is 0. The molecule has 1 aliphatic carbocycles. The highest BCUT2D eigenvalue weighted by atomic mass is 16.1. The molecule has 1 aromatic rings. The predicted octanol–water partition coefficient (Wildman–Crippen LogP) is 1.77. The molecule has 98 valence electrons. The lowest BCUT2D eigenvalue weighted by atomic mass is 9.95. The van der Waals surface area contributed by atoms with Gasteiger partial charge < -0.3 is 10.7 Å². The number of aromatic nitrogens is 2. The summed E-state index contributed by atoms with van der Waals surface area (Å²) < 4.78 is 0. The normalized spacial score (nSPS) is 17.2. The Kier molecular flexibility index (Phi) is 3.91. The summed E-state index contributed by atoms with van der Waals surface area (Å²) in [7, 11) is 1.90. The van der Waals surface area contributed by atoms with Crippen LogP contribution < -0.4 is 5.73 Å². The van der Waals surface area contributed by atoms with Crippen LogP contribution in [0.25, 0.3) is 0 Å². The first kappa shape index (κ1) is 12.5. The number of nitrogens with one attached hydrogen (secondary N) is 1. The number of H-pyrrole nitrogens is 1. The molecule has 7 nitrogen and oxygen atoms in total. The van der Waals surface area contributed by atoms with E-state index in [1.54, 1.807) is 0 Å². The zero-order chi connectivity index (χ0) is 13.0. The average molecular weight is 250 g/mol. The average Bonchev–Trinajstić information content (AvgIpc) is 2.85. The Balaban J connectivity index is 2.01. The number of rotatable bonds is 4. The van der Waals surface area contributed by atoms with E-state index in [1.807, 2.05) is 12.1 Å². The van der Waals surface area contributed by atoms with Crippen LogP contribution in [0.5, 0.6) is 0 Å². The number of nitrogens with zero attached hydrogens (tertiary/aromatic N) is 4. The number of amides is 1. The largest absolute Gasteiger partial charge is 0.364 e. The third-order valence-electron chi connectivity index (χ3n) is 3.25. The number of hydrogen-bond donors (Lipinski definition) is 2. The fourth-order valence-corrected chi connectivity index (χ4v) is 2.18. The van der Waals surface area contributed by atoms with Crippen molar-refractivity contribution >= 4 is 11.7 Å². The molecule has 0 unspecified atom stereocenters. The van der Waals surface area contributed by atoms with E-state index in [-0.39, 0.29) is 11.5 Å². The van der Waals surface area contributed by atoms with Gasteiger partial charge in [-0.25, -0.2) is 4.98 Å². The fourth-order valence-electron chi connectivity index (χ4n) is 2.18. The molecule has 1 aromatic heterocycles. The van der Waals surface area contributed by atoms with Gasteiger partial charge in [-0.3, -0.25) is 9.80 Å². The smallest absolute Gasteiger partial charge is 0.269 e. The maximum atomic E-state index is 11.1. The Bertz CT molecular complexity index is 434. The Morgan fingerprint density at radius 1 is 1.50 bits per heavy atom. The van der Waals surface area contributed by atoms with Crippen molar-refractivity contribution in [3.05, 3.63) is 12.0 Å². The van der Waals surface area contributed by atoms with Gasteiger partial charge in [0.25, 0.3) is 5.91 Å². The number of imidazole rings is 1. The molecule has 1 heterocycles. The summed E-state index contributed by atoms with van der Waals surface area (Å²) in [4.78, 5) is 17.6. The van der Waals surface area contributed by atoms with E-state index in [0.717, 1.165) is 12.8 Å². The summed E-state index contributed by atoms with van der Waals surface area (Å²) in [6, 6.07) is 0.429. The van der Waals surface area contributed by atoms with Crippen LogP contribution in [0.3, 0.4) is 0 Å². The van der Waals surface area contributed by atoms with Crippen molar-refractivity contribution in [2.75, 3.05) is 7.05 Å². The van der Waals surface area contributed by atoms with Gasteiger partial charge in [0, 0.05) is 13.1 Å². The molecule has 3 N–H and O–H groups in total. The van der Waals surface area contributed by atoms with E-state index < -0.39 is 5.91 Å². The molecular weight excluding hydrogens is 232 g/mol. The van der Waals surface area contributed by atoms with Gasteiger partial charge in [-0.1, -0.05) is 24.5 Å². The van der Waals surface area contributed by atoms with Crippen LogP contribution in [-0.4, -0.2) is 34.0 Å². The third-order valence-corrected chi connectivity index (χ3v) is 3.25. The maximum Gasteiger partial charge on any atom is 0.269 e. The van der Waals surface area contributed by atoms with Crippen LogP contribution in [0.15, 0.2) is 16.7 Å². The van der Waals surface area contributed by atoms with Crippen molar-refractivity contribution in [2.45, 2.75) is 38.1 Å². The van der Waals surface area contributed by atoms with E-state index in [0.29, 0.717) is 6.04 Å². The minimum Gasteiger partial charge on any atom is -0.364 e. The molecule has 0 saturated heterocycles. The number of primary amides is 1. The van der Waals surface area contributed by atoms with Gasteiger partial charge >= 0.3 is 0 Å². The van der Waals surface area contributed by atoms with Gasteiger partial charge in [0.05, 0.1) is 6.33 Å². The van der Waals surface area contributed by atoms with E-state index in [1.165, 1.54) is 25.6 Å². The molecule has 0 atom stereocenters. The number of carbonyl (C=O) groups is 1. The zero-order valence-electron chi connectivity index (χ0n) is 10.5. The number of carbonyl (C=O) groups excluding carboxylic acids is 1. The molecule has 1 saturated carbocycles. The Morgan fingerprint density at radius 3 is 2.89 bits per heavy atom. The SMILES string of the molecule is CN(/N=N/c1nc[nH]c1C(N)=O)C1CCCCC1. The molecule has 7 heteroatoms. The van der Waals surface area contributed by atoms with Gasteiger partial charge in [0.2, 0.25) is 5.82 Å². The lowest BCUT2D eigenvalue weighted by molar-refractivity contribution is 0.0996. The van der Waals surface area contributed by atoms with Gasteiger partial charge in [-0.15, -0.1) is 5.11 Å². The lowest BCUT2D eigenvalue weighted by Crippen LogP contribution is -2.28. The zero-order valence-corrected chi connectivity index (χ0v) is 10.5. The molecule has 0 aliphatic heterocycles. The first-order valence-corrected chi connectivity index (χ1v) is 6.16. The van der Waals surface area contributed by atoms with Gasteiger partial charge in [-0.05, 0) is 12.8 Å². The summed E-state index contributed by atoms with van der Waals surface area (Å²) in [5.41, 5.74) is 5.37. The van der Waals surface area contributed by atoms with Crippen molar-refractivity contribution < 1.29 is 4.79 Å². The second kappa shape index (κ2) is 5.61. The van der Waals surface area contributed by atoms with Crippen LogP contribution >= 0.6 is 0 Å². The topological polar surface area (TPSA) is 99.7 Å². The van der Waals surface area contributed by atoms with Crippen molar-refractivity contribution in [1.82, 2.24) is 15.0 Å². The van der Waals surface area contributed by atoms with E-state index in [9.17, 15) is 4.79 Å². The highest BCUT2D eigenvalue weighted by molar-refractivity contribution is 5.94. The molecule has 0 aromatic carbocycles.